The second-order valence-corrected chi connectivity index (χ2v) is 1.48. The smallest absolute Gasteiger partial charge is 0.343 e. The maximum Gasteiger partial charge on any atom is 0.343 e. The molecule has 1 heterocycles. The van der Waals surface area contributed by atoms with Crippen LogP contribution in [0.3, 0.4) is 0 Å². The van der Waals surface area contributed by atoms with Gasteiger partial charge < -0.3 is 24.0 Å². The van der Waals surface area contributed by atoms with Gasteiger partial charge in [-0.05, 0) is 0 Å². The van der Waals surface area contributed by atoms with Crippen molar-refractivity contribution in [2.75, 3.05) is 20.1 Å². The lowest BCUT2D eigenvalue weighted by Gasteiger charge is -1.82. The van der Waals surface area contributed by atoms with Gasteiger partial charge in [0.15, 0.2) is 0 Å². The van der Waals surface area contributed by atoms with Crippen molar-refractivity contribution in [2.24, 2.45) is 0 Å². The first-order valence-corrected chi connectivity index (χ1v) is 2.46. The van der Waals surface area contributed by atoms with Crippen molar-refractivity contribution in [1.82, 2.24) is 10.6 Å². The molecule has 0 aliphatic carbocycles. The Labute approximate surface area is 66.0 Å². The van der Waals surface area contributed by atoms with Crippen molar-refractivity contribution in [2.45, 2.75) is 0 Å². The molecule has 1 aliphatic rings. The predicted molar refractivity (Wildman–Crippen MR) is 27.9 cm³/mol. The van der Waals surface area contributed by atoms with Gasteiger partial charge in [0, 0.05) is 0 Å². The van der Waals surface area contributed by atoms with Crippen molar-refractivity contribution < 1.29 is 29.0 Å². The summed E-state index contributed by atoms with van der Waals surface area (Å²) in [6.07, 6.45) is 0. The summed E-state index contributed by atoms with van der Waals surface area (Å²) in [6.45, 7) is 2.08. The van der Waals surface area contributed by atoms with Gasteiger partial charge in [0.1, 0.15) is 0 Å². The van der Waals surface area contributed by atoms with Crippen LogP contribution in [0.2, 0.25) is 0 Å². The average Bonchev–Trinajstić information content (AvgIpc) is 2.14. The van der Waals surface area contributed by atoms with E-state index >= 15 is 0 Å². The second kappa shape index (κ2) is 3.94. The summed E-state index contributed by atoms with van der Waals surface area (Å²) in [5, 5.41) is 6.20. The molecule has 1 aliphatic heterocycles. The zero-order valence-corrected chi connectivity index (χ0v) is 6.95. The van der Waals surface area contributed by atoms with E-state index in [4.69, 9.17) is 0 Å². The third-order valence-electron chi connectivity index (χ3n) is 0.979. The molecule has 3 N–H and O–H groups in total. The first kappa shape index (κ1) is 8.00. The summed E-state index contributed by atoms with van der Waals surface area (Å²) in [6, 6.07) is 0. The topological polar surface area (TPSA) is 38.0 Å². The molecule has 0 radical (unpaired) electrons. The van der Waals surface area contributed by atoms with Gasteiger partial charge in [-0.3, -0.25) is 15.6 Å². The van der Waals surface area contributed by atoms with Crippen LogP contribution in [0.25, 0.3) is 0 Å². The summed E-state index contributed by atoms with van der Waals surface area (Å²) in [5.74, 6) is 1.04. The minimum Gasteiger partial charge on any atom is -1.00 e. The molecular formula is C4H10IN3. The highest BCUT2D eigenvalue weighted by molar-refractivity contribution is 5.75. The Morgan fingerprint density at radius 1 is 1.38 bits per heavy atom. The monoisotopic (exact) mass is 227 g/mol. The van der Waals surface area contributed by atoms with E-state index in [2.05, 4.69) is 15.6 Å². The van der Waals surface area contributed by atoms with E-state index in [9.17, 15) is 0 Å². The van der Waals surface area contributed by atoms with E-state index in [1.54, 1.807) is 0 Å². The van der Waals surface area contributed by atoms with Crippen molar-refractivity contribution in [3.63, 3.8) is 0 Å². The van der Waals surface area contributed by atoms with Crippen LogP contribution in [0.4, 0.5) is 0 Å². The third kappa shape index (κ3) is 1.85. The van der Waals surface area contributed by atoms with Gasteiger partial charge in [-0.1, -0.05) is 0 Å². The van der Waals surface area contributed by atoms with Crippen molar-refractivity contribution in [3.05, 3.63) is 0 Å². The Morgan fingerprint density at radius 3 is 2.12 bits per heavy atom. The van der Waals surface area contributed by atoms with Crippen LogP contribution in [0.1, 0.15) is 0 Å². The van der Waals surface area contributed by atoms with Gasteiger partial charge in [0.25, 0.3) is 0 Å². The maximum atomic E-state index is 3.10. The summed E-state index contributed by atoms with van der Waals surface area (Å²) in [4.78, 5) is 2.96. The molecule has 0 bridgehead atoms. The SMILES string of the molecule is C[NH+]=C1NCCN1.[I-]. The molecule has 0 atom stereocenters. The van der Waals surface area contributed by atoms with Gasteiger partial charge >= 0.3 is 5.96 Å². The fraction of sp³-hybridized carbons (Fsp3) is 0.750. The average molecular weight is 227 g/mol. The first-order chi connectivity index (χ1) is 3.43. The Morgan fingerprint density at radius 2 is 1.88 bits per heavy atom. The van der Waals surface area contributed by atoms with E-state index in [1.807, 2.05) is 7.05 Å². The largest absolute Gasteiger partial charge is 1.00 e. The normalized spacial score (nSPS) is 15.9. The van der Waals surface area contributed by atoms with Crippen LogP contribution in [0.5, 0.6) is 0 Å². The van der Waals surface area contributed by atoms with Crippen LogP contribution in [-0.4, -0.2) is 26.1 Å². The lowest BCUT2D eigenvalue weighted by molar-refractivity contribution is -0.424. The van der Waals surface area contributed by atoms with Gasteiger partial charge in [-0.2, -0.15) is 0 Å². The summed E-state index contributed by atoms with van der Waals surface area (Å²) in [7, 11) is 1.89. The number of halogens is 1. The lowest BCUT2D eigenvalue weighted by atomic mass is 10.7. The fourth-order valence-corrected chi connectivity index (χ4v) is 0.614. The van der Waals surface area contributed by atoms with E-state index in [0.29, 0.717) is 0 Å². The van der Waals surface area contributed by atoms with E-state index in [0.717, 1.165) is 19.0 Å². The first-order valence-electron chi connectivity index (χ1n) is 2.46. The minimum absolute atomic E-state index is 0. The summed E-state index contributed by atoms with van der Waals surface area (Å²) in [5.41, 5.74) is 0. The second-order valence-electron chi connectivity index (χ2n) is 1.48. The van der Waals surface area contributed by atoms with Gasteiger partial charge in [0.05, 0.1) is 20.1 Å². The van der Waals surface area contributed by atoms with Crippen LogP contribution in [0.15, 0.2) is 0 Å². The molecule has 0 saturated carbocycles. The van der Waals surface area contributed by atoms with Gasteiger partial charge in [-0.25, -0.2) is 0 Å². The molecule has 1 saturated heterocycles. The highest BCUT2D eigenvalue weighted by Gasteiger charge is 2.09. The molecule has 48 valence electrons. The quantitative estimate of drug-likeness (QED) is 0.361. The standard InChI is InChI=1S/C4H9N3.HI/c1-5-4-6-2-3-7-4;/h2-3H2,1H3,(H2,5,6,7);1H. The Balaban J connectivity index is 0.000000490. The predicted octanol–water partition coefficient (Wildman–Crippen LogP) is -5.75. The molecular weight excluding hydrogens is 217 g/mol. The van der Waals surface area contributed by atoms with Crippen LogP contribution in [0, 0.1) is 0 Å². The molecule has 4 heteroatoms. The Hall–Kier alpha value is 0. The molecule has 0 spiro atoms. The maximum absolute atomic E-state index is 3.10. The summed E-state index contributed by atoms with van der Waals surface area (Å²) < 4.78 is 0. The molecule has 1 rings (SSSR count). The molecule has 0 aromatic heterocycles. The van der Waals surface area contributed by atoms with Crippen molar-refractivity contribution in [1.29, 1.82) is 0 Å². The molecule has 0 aromatic carbocycles. The number of hydrogen-bond acceptors (Lipinski definition) is 0. The van der Waals surface area contributed by atoms with E-state index in [1.165, 1.54) is 0 Å². The lowest BCUT2D eigenvalue weighted by Crippen LogP contribution is -3.00. The molecule has 1 fully saturated rings. The van der Waals surface area contributed by atoms with Gasteiger partial charge in [-0.15, -0.1) is 0 Å². The molecule has 0 amide bonds. The zero-order valence-electron chi connectivity index (χ0n) is 4.79. The number of rotatable bonds is 0. The van der Waals surface area contributed by atoms with E-state index in [-0.39, 0.29) is 24.0 Å². The molecule has 8 heavy (non-hydrogen) atoms. The highest BCUT2D eigenvalue weighted by atomic mass is 127. The van der Waals surface area contributed by atoms with Crippen molar-refractivity contribution >= 4 is 5.96 Å². The number of nitrogens with one attached hydrogen (secondary N) is 3. The van der Waals surface area contributed by atoms with E-state index < -0.39 is 0 Å². The molecule has 3 nitrogen and oxygen atoms in total. The molecule has 0 aromatic rings. The van der Waals surface area contributed by atoms with Crippen LogP contribution < -0.4 is 39.6 Å². The van der Waals surface area contributed by atoms with Crippen LogP contribution >= 0.6 is 0 Å². The minimum atomic E-state index is 0. The van der Waals surface area contributed by atoms with Crippen molar-refractivity contribution in [3.8, 4) is 0 Å². The zero-order chi connectivity index (χ0) is 5.11. The fourth-order valence-electron chi connectivity index (χ4n) is 0.614. The van der Waals surface area contributed by atoms with Crippen LogP contribution in [-0.2, 0) is 0 Å². The van der Waals surface area contributed by atoms with Gasteiger partial charge in [0.2, 0.25) is 0 Å². The Bertz CT molecular complexity index is 83.3. The molecule has 0 unspecified atom stereocenters. The number of hydrogen-bond donors (Lipinski definition) is 3. The number of guanidine groups is 1. The summed E-state index contributed by atoms with van der Waals surface area (Å²) >= 11 is 0. The Kier molecular flexibility index (Phi) is 3.94. The highest BCUT2D eigenvalue weighted by Crippen LogP contribution is 1.63. The third-order valence-corrected chi connectivity index (χ3v) is 0.979.